The Bertz CT molecular complexity index is 544. The van der Waals surface area contributed by atoms with Crippen molar-refractivity contribution in [2.24, 2.45) is 0 Å². The number of hydrogen-bond acceptors (Lipinski definition) is 1. The monoisotopic (exact) mass is 240 g/mol. The second-order valence-electron chi connectivity index (χ2n) is 4.25. The van der Waals surface area contributed by atoms with Gasteiger partial charge in [0.25, 0.3) is 0 Å². The van der Waals surface area contributed by atoms with Gasteiger partial charge in [-0.15, -0.1) is 0 Å². The van der Waals surface area contributed by atoms with E-state index >= 15 is 0 Å². The molecule has 0 fully saturated rings. The molecule has 0 atom stereocenters. The van der Waals surface area contributed by atoms with Gasteiger partial charge in [0.1, 0.15) is 0 Å². The molecule has 0 aromatic heterocycles. The van der Waals surface area contributed by atoms with Gasteiger partial charge in [0.2, 0.25) is 0 Å². The molecule has 92 valence electrons. The second kappa shape index (κ2) is 5.50. The van der Waals surface area contributed by atoms with Crippen molar-refractivity contribution in [1.29, 1.82) is 0 Å². The van der Waals surface area contributed by atoms with Crippen LogP contribution in [-0.4, -0.2) is 11.1 Å². The van der Waals surface area contributed by atoms with Gasteiger partial charge in [-0.1, -0.05) is 55.8 Å². The quantitative estimate of drug-likeness (QED) is 0.876. The van der Waals surface area contributed by atoms with E-state index in [1.165, 1.54) is 0 Å². The standard InChI is InChI=1S/C16H16O2/c1-2-7-14-13(12-8-4-3-5-9-12)10-6-11-15(14)16(17)18/h3-6,8-11H,2,7H2,1H3,(H,17,18). The van der Waals surface area contributed by atoms with Crippen LogP contribution in [0.1, 0.15) is 29.3 Å². The van der Waals surface area contributed by atoms with Gasteiger partial charge in [0.15, 0.2) is 0 Å². The molecule has 2 rings (SSSR count). The van der Waals surface area contributed by atoms with Crippen molar-refractivity contribution in [3.63, 3.8) is 0 Å². The first-order valence-corrected chi connectivity index (χ1v) is 6.14. The molecule has 0 amide bonds. The number of rotatable bonds is 4. The molecular weight excluding hydrogens is 224 g/mol. The lowest BCUT2D eigenvalue weighted by atomic mass is 9.92. The number of aromatic carboxylic acids is 1. The highest BCUT2D eigenvalue weighted by Gasteiger charge is 2.13. The first-order valence-electron chi connectivity index (χ1n) is 6.14. The minimum absolute atomic E-state index is 0.415. The molecule has 0 aliphatic carbocycles. The molecule has 0 heterocycles. The highest BCUT2D eigenvalue weighted by Crippen LogP contribution is 2.27. The van der Waals surface area contributed by atoms with Crippen molar-refractivity contribution >= 4 is 5.97 Å². The van der Waals surface area contributed by atoms with E-state index in [0.717, 1.165) is 29.5 Å². The number of carboxylic acids is 1. The Hall–Kier alpha value is -2.09. The molecule has 18 heavy (non-hydrogen) atoms. The lowest BCUT2D eigenvalue weighted by Gasteiger charge is -2.12. The van der Waals surface area contributed by atoms with E-state index in [1.54, 1.807) is 6.07 Å². The van der Waals surface area contributed by atoms with Crippen LogP contribution in [-0.2, 0) is 6.42 Å². The van der Waals surface area contributed by atoms with Gasteiger partial charge in [-0.05, 0) is 29.2 Å². The average molecular weight is 240 g/mol. The van der Waals surface area contributed by atoms with Gasteiger partial charge in [0.05, 0.1) is 5.56 Å². The van der Waals surface area contributed by atoms with Crippen LogP contribution >= 0.6 is 0 Å². The van der Waals surface area contributed by atoms with E-state index in [2.05, 4.69) is 6.92 Å². The highest BCUT2D eigenvalue weighted by molar-refractivity contribution is 5.92. The second-order valence-corrected chi connectivity index (χ2v) is 4.25. The lowest BCUT2D eigenvalue weighted by Crippen LogP contribution is -2.04. The maximum Gasteiger partial charge on any atom is 0.335 e. The van der Waals surface area contributed by atoms with Crippen LogP contribution in [0.25, 0.3) is 11.1 Å². The summed E-state index contributed by atoms with van der Waals surface area (Å²) >= 11 is 0. The van der Waals surface area contributed by atoms with Crippen molar-refractivity contribution < 1.29 is 9.90 Å². The van der Waals surface area contributed by atoms with Crippen LogP contribution < -0.4 is 0 Å². The molecular formula is C16H16O2. The van der Waals surface area contributed by atoms with Crippen LogP contribution in [0, 0.1) is 0 Å². The fraction of sp³-hybridized carbons (Fsp3) is 0.188. The fourth-order valence-corrected chi connectivity index (χ4v) is 2.19. The SMILES string of the molecule is CCCc1c(C(=O)O)cccc1-c1ccccc1. The smallest absolute Gasteiger partial charge is 0.335 e. The number of benzene rings is 2. The minimum atomic E-state index is -0.851. The Labute approximate surface area is 107 Å². The summed E-state index contributed by atoms with van der Waals surface area (Å²) in [4.78, 5) is 11.3. The van der Waals surface area contributed by atoms with Crippen LogP contribution in [0.4, 0.5) is 0 Å². The van der Waals surface area contributed by atoms with E-state index in [4.69, 9.17) is 0 Å². The van der Waals surface area contributed by atoms with E-state index in [0.29, 0.717) is 5.56 Å². The summed E-state index contributed by atoms with van der Waals surface area (Å²) in [6.07, 6.45) is 1.72. The van der Waals surface area contributed by atoms with Crippen LogP contribution in [0.15, 0.2) is 48.5 Å². The Morgan fingerprint density at radius 2 is 1.78 bits per heavy atom. The maximum atomic E-state index is 11.3. The zero-order valence-corrected chi connectivity index (χ0v) is 10.4. The van der Waals surface area contributed by atoms with Crippen LogP contribution in [0.3, 0.4) is 0 Å². The number of hydrogen-bond donors (Lipinski definition) is 1. The van der Waals surface area contributed by atoms with Crippen molar-refractivity contribution in [3.8, 4) is 11.1 Å². The van der Waals surface area contributed by atoms with Gasteiger partial charge >= 0.3 is 5.97 Å². The summed E-state index contributed by atoms with van der Waals surface area (Å²) in [6.45, 7) is 2.06. The largest absolute Gasteiger partial charge is 0.478 e. The first kappa shape index (κ1) is 12.4. The molecule has 0 aliphatic heterocycles. The summed E-state index contributed by atoms with van der Waals surface area (Å²) in [5.74, 6) is -0.851. The van der Waals surface area contributed by atoms with E-state index < -0.39 is 5.97 Å². The minimum Gasteiger partial charge on any atom is -0.478 e. The lowest BCUT2D eigenvalue weighted by molar-refractivity contribution is 0.0695. The predicted molar refractivity (Wildman–Crippen MR) is 72.8 cm³/mol. The van der Waals surface area contributed by atoms with Gasteiger partial charge in [-0.25, -0.2) is 4.79 Å². The average Bonchev–Trinajstić information content (AvgIpc) is 2.40. The van der Waals surface area contributed by atoms with Gasteiger partial charge < -0.3 is 5.11 Å². The molecule has 0 unspecified atom stereocenters. The number of carboxylic acid groups (broad SMARTS) is 1. The van der Waals surface area contributed by atoms with Crippen LogP contribution in [0.5, 0.6) is 0 Å². The van der Waals surface area contributed by atoms with E-state index in [1.807, 2.05) is 42.5 Å². The molecule has 0 bridgehead atoms. The molecule has 2 aromatic rings. The number of carbonyl (C=O) groups is 1. The van der Waals surface area contributed by atoms with Crippen molar-refractivity contribution in [1.82, 2.24) is 0 Å². The predicted octanol–water partition coefficient (Wildman–Crippen LogP) is 4.00. The third-order valence-corrected chi connectivity index (χ3v) is 2.99. The Morgan fingerprint density at radius 3 is 2.39 bits per heavy atom. The Kier molecular flexibility index (Phi) is 3.78. The molecule has 0 saturated carbocycles. The molecule has 2 nitrogen and oxygen atoms in total. The van der Waals surface area contributed by atoms with Gasteiger partial charge in [0, 0.05) is 0 Å². The third-order valence-electron chi connectivity index (χ3n) is 2.99. The molecule has 0 aliphatic rings. The first-order chi connectivity index (χ1) is 8.74. The summed E-state index contributed by atoms with van der Waals surface area (Å²) in [5, 5.41) is 9.26. The molecule has 2 aromatic carbocycles. The van der Waals surface area contributed by atoms with Gasteiger partial charge in [-0.3, -0.25) is 0 Å². The Balaban J connectivity index is 2.60. The van der Waals surface area contributed by atoms with Crippen molar-refractivity contribution in [2.45, 2.75) is 19.8 Å². The van der Waals surface area contributed by atoms with Crippen LogP contribution in [0.2, 0.25) is 0 Å². The molecule has 0 spiro atoms. The normalized spacial score (nSPS) is 10.3. The summed E-state index contributed by atoms with van der Waals surface area (Å²) in [7, 11) is 0. The topological polar surface area (TPSA) is 37.3 Å². The summed E-state index contributed by atoms with van der Waals surface area (Å²) in [5.41, 5.74) is 3.44. The van der Waals surface area contributed by atoms with Gasteiger partial charge in [-0.2, -0.15) is 0 Å². The molecule has 0 saturated heterocycles. The highest BCUT2D eigenvalue weighted by atomic mass is 16.4. The third kappa shape index (κ3) is 2.43. The van der Waals surface area contributed by atoms with E-state index in [-0.39, 0.29) is 0 Å². The van der Waals surface area contributed by atoms with Crippen molar-refractivity contribution in [2.75, 3.05) is 0 Å². The Morgan fingerprint density at radius 1 is 1.06 bits per heavy atom. The van der Waals surface area contributed by atoms with E-state index in [9.17, 15) is 9.90 Å². The molecule has 0 radical (unpaired) electrons. The zero-order valence-electron chi connectivity index (χ0n) is 10.4. The fourth-order valence-electron chi connectivity index (χ4n) is 2.19. The molecule has 2 heteroatoms. The van der Waals surface area contributed by atoms with Crippen molar-refractivity contribution in [3.05, 3.63) is 59.7 Å². The summed E-state index contributed by atoms with van der Waals surface area (Å²) < 4.78 is 0. The molecule has 1 N–H and O–H groups in total. The zero-order chi connectivity index (χ0) is 13.0. The summed E-state index contributed by atoms with van der Waals surface area (Å²) in [6, 6.07) is 15.4. The maximum absolute atomic E-state index is 11.3.